The van der Waals surface area contributed by atoms with Crippen molar-refractivity contribution in [3.63, 3.8) is 0 Å². The number of imide groups is 1. The number of rotatable bonds is 2. The molecule has 2 N–H and O–H groups in total. The summed E-state index contributed by atoms with van der Waals surface area (Å²) in [7, 11) is 0. The van der Waals surface area contributed by atoms with Crippen molar-refractivity contribution in [3.05, 3.63) is 0 Å². The van der Waals surface area contributed by atoms with E-state index < -0.39 is 23.5 Å². The highest BCUT2D eigenvalue weighted by atomic mass is 16.4. The first-order chi connectivity index (χ1) is 7.47. The van der Waals surface area contributed by atoms with Crippen molar-refractivity contribution in [1.82, 2.24) is 10.2 Å². The zero-order valence-electron chi connectivity index (χ0n) is 9.02. The highest BCUT2D eigenvalue weighted by Gasteiger charge is 2.52. The van der Waals surface area contributed by atoms with Gasteiger partial charge in [-0.25, -0.2) is 4.79 Å². The first-order valence-corrected chi connectivity index (χ1v) is 5.30. The largest absolute Gasteiger partial charge is 0.481 e. The highest BCUT2D eigenvalue weighted by Crippen LogP contribution is 2.41. The number of carbonyl (C=O) groups is 3. The van der Waals surface area contributed by atoms with E-state index in [1.54, 1.807) is 6.92 Å². The van der Waals surface area contributed by atoms with Gasteiger partial charge in [0.1, 0.15) is 0 Å². The van der Waals surface area contributed by atoms with Crippen LogP contribution in [0.4, 0.5) is 4.79 Å². The molecule has 2 rings (SSSR count). The number of amides is 3. The number of aliphatic carboxylic acids is 1. The third kappa shape index (κ3) is 1.36. The predicted octanol–water partition coefficient (Wildman–Crippen LogP) is 0.182. The number of carboxylic acid groups (broad SMARTS) is 1. The zero-order chi connectivity index (χ0) is 11.9. The van der Waals surface area contributed by atoms with Crippen LogP contribution >= 0.6 is 0 Å². The van der Waals surface area contributed by atoms with Crippen molar-refractivity contribution in [1.29, 1.82) is 0 Å². The first-order valence-electron chi connectivity index (χ1n) is 5.30. The van der Waals surface area contributed by atoms with E-state index in [0.717, 1.165) is 11.3 Å². The van der Waals surface area contributed by atoms with Crippen molar-refractivity contribution in [3.8, 4) is 0 Å². The monoisotopic (exact) mass is 226 g/mol. The molecule has 0 aromatic rings. The molecule has 0 aromatic heterocycles. The summed E-state index contributed by atoms with van der Waals surface area (Å²) in [5.74, 6) is -1.27. The Morgan fingerprint density at radius 1 is 1.56 bits per heavy atom. The lowest BCUT2D eigenvalue weighted by atomic mass is 9.84. The maximum atomic E-state index is 11.5. The number of hydrogen-bond donors (Lipinski definition) is 2. The molecule has 2 atom stereocenters. The number of hydrogen-bond acceptors (Lipinski definition) is 3. The summed E-state index contributed by atoms with van der Waals surface area (Å²) >= 11 is 0. The smallest absolute Gasteiger partial charge is 0.324 e. The Labute approximate surface area is 92.6 Å². The fourth-order valence-corrected chi connectivity index (χ4v) is 2.56. The fourth-order valence-electron chi connectivity index (χ4n) is 2.56. The van der Waals surface area contributed by atoms with Crippen LogP contribution in [0.15, 0.2) is 0 Å². The Balaban J connectivity index is 2.30. The summed E-state index contributed by atoms with van der Waals surface area (Å²) in [4.78, 5) is 35.3. The van der Waals surface area contributed by atoms with Crippen molar-refractivity contribution < 1.29 is 19.5 Å². The topological polar surface area (TPSA) is 86.7 Å². The summed E-state index contributed by atoms with van der Waals surface area (Å²) in [5, 5.41) is 11.6. The van der Waals surface area contributed by atoms with Crippen molar-refractivity contribution in [2.75, 3.05) is 6.54 Å². The van der Waals surface area contributed by atoms with Gasteiger partial charge >= 0.3 is 12.0 Å². The van der Waals surface area contributed by atoms with Gasteiger partial charge in [0, 0.05) is 0 Å². The van der Waals surface area contributed by atoms with Gasteiger partial charge in [-0.2, -0.15) is 0 Å². The second kappa shape index (κ2) is 3.47. The Morgan fingerprint density at radius 3 is 2.75 bits per heavy atom. The molecule has 16 heavy (non-hydrogen) atoms. The highest BCUT2D eigenvalue weighted by molar-refractivity contribution is 6.02. The van der Waals surface area contributed by atoms with Crippen LogP contribution in [0.3, 0.4) is 0 Å². The van der Waals surface area contributed by atoms with Crippen LogP contribution in [-0.4, -0.2) is 40.5 Å². The number of carbonyl (C=O) groups excluding carboxylic acids is 2. The maximum Gasteiger partial charge on any atom is 0.324 e. The summed E-state index contributed by atoms with van der Waals surface area (Å²) in [6.45, 7) is 1.58. The van der Waals surface area contributed by atoms with Crippen LogP contribution in [0.25, 0.3) is 0 Å². The van der Waals surface area contributed by atoms with E-state index in [0.29, 0.717) is 12.8 Å². The standard InChI is InChI=1S/C10H14N2O4/c1-10(8(14)15)4-2-3-6(10)12-7(13)5-11-9(12)16/h6H,2-5H2,1H3,(H,11,16)(H,14,15). The molecule has 6 nitrogen and oxygen atoms in total. The minimum Gasteiger partial charge on any atom is -0.481 e. The third-order valence-corrected chi connectivity index (χ3v) is 3.59. The minimum atomic E-state index is -1.00. The molecule has 1 aliphatic heterocycles. The molecule has 0 radical (unpaired) electrons. The van der Waals surface area contributed by atoms with Gasteiger partial charge in [0.25, 0.3) is 0 Å². The van der Waals surface area contributed by atoms with Gasteiger partial charge in [0.05, 0.1) is 18.0 Å². The molecule has 1 saturated carbocycles. The molecule has 0 aromatic carbocycles. The van der Waals surface area contributed by atoms with Crippen molar-refractivity contribution in [2.45, 2.75) is 32.2 Å². The van der Waals surface area contributed by atoms with Crippen LogP contribution in [0.5, 0.6) is 0 Å². The molecule has 0 bridgehead atoms. The number of carboxylic acids is 1. The molecule has 2 aliphatic rings. The second-order valence-electron chi connectivity index (χ2n) is 4.55. The minimum absolute atomic E-state index is 0.0228. The Bertz CT molecular complexity index is 352. The number of nitrogens with one attached hydrogen (secondary N) is 1. The van der Waals surface area contributed by atoms with Crippen LogP contribution in [-0.2, 0) is 9.59 Å². The van der Waals surface area contributed by atoms with E-state index in [9.17, 15) is 19.5 Å². The molecule has 1 heterocycles. The van der Waals surface area contributed by atoms with Gasteiger partial charge < -0.3 is 10.4 Å². The number of nitrogens with zero attached hydrogens (tertiary/aromatic N) is 1. The molecule has 1 aliphatic carbocycles. The molecular formula is C10H14N2O4. The lowest BCUT2D eigenvalue weighted by Crippen LogP contribution is -2.50. The summed E-state index contributed by atoms with van der Waals surface area (Å²) in [6.07, 6.45) is 1.80. The van der Waals surface area contributed by atoms with Crippen molar-refractivity contribution >= 4 is 17.9 Å². The SMILES string of the molecule is CC1(C(=O)O)CCCC1N1C(=O)CNC1=O. The molecule has 2 unspecified atom stereocenters. The van der Waals surface area contributed by atoms with Gasteiger partial charge in [-0.15, -0.1) is 0 Å². The molecule has 6 heteroatoms. The molecule has 3 amide bonds. The van der Waals surface area contributed by atoms with Crippen LogP contribution < -0.4 is 5.32 Å². The van der Waals surface area contributed by atoms with Crippen LogP contribution in [0.1, 0.15) is 26.2 Å². The Hall–Kier alpha value is -1.59. The van der Waals surface area contributed by atoms with Gasteiger partial charge in [-0.05, 0) is 19.8 Å². The lowest BCUT2D eigenvalue weighted by Gasteiger charge is -2.32. The number of urea groups is 1. The second-order valence-corrected chi connectivity index (χ2v) is 4.55. The fraction of sp³-hybridized carbons (Fsp3) is 0.700. The van der Waals surface area contributed by atoms with Gasteiger partial charge in [-0.3, -0.25) is 14.5 Å². The Kier molecular flexibility index (Phi) is 2.36. The normalized spacial score (nSPS) is 34.3. The first kappa shape index (κ1) is 10.9. The third-order valence-electron chi connectivity index (χ3n) is 3.59. The zero-order valence-corrected chi connectivity index (χ0v) is 9.02. The molecule has 88 valence electrons. The van der Waals surface area contributed by atoms with E-state index in [1.807, 2.05) is 0 Å². The van der Waals surface area contributed by atoms with Crippen LogP contribution in [0.2, 0.25) is 0 Å². The quantitative estimate of drug-likeness (QED) is 0.658. The maximum absolute atomic E-state index is 11.5. The Morgan fingerprint density at radius 2 is 2.25 bits per heavy atom. The lowest BCUT2D eigenvalue weighted by molar-refractivity contribution is -0.151. The van der Waals surface area contributed by atoms with E-state index >= 15 is 0 Å². The molecular weight excluding hydrogens is 212 g/mol. The molecule has 0 spiro atoms. The summed E-state index contributed by atoms with van der Waals surface area (Å²) < 4.78 is 0. The van der Waals surface area contributed by atoms with E-state index in [4.69, 9.17) is 0 Å². The van der Waals surface area contributed by atoms with Crippen molar-refractivity contribution in [2.24, 2.45) is 5.41 Å². The average molecular weight is 226 g/mol. The summed E-state index contributed by atoms with van der Waals surface area (Å²) in [6, 6.07) is -0.982. The van der Waals surface area contributed by atoms with E-state index in [1.165, 1.54) is 0 Å². The van der Waals surface area contributed by atoms with Crippen LogP contribution in [0, 0.1) is 5.41 Å². The molecule has 2 fully saturated rings. The van der Waals surface area contributed by atoms with Gasteiger partial charge in [0.2, 0.25) is 5.91 Å². The van der Waals surface area contributed by atoms with Gasteiger partial charge in [0.15, 0.2) is 0 Å². The predicted molar refractivity (Wildman–Crippen MR) is 53.6 cm³/mol. The van der Waals surface area contributed by atoms with E-state index in [2.05, 4.69) is 5.32 Å². The molecule has 1 saturated heterocycles. The van der Waals surface area contributed by atoms with E-state index in [-0.39, 0.29) is 12.5 Å². The average Bonchev–Trinajstić information content (AvgIpc) is 2.72. The van der Waals surface area contributed by atoms with Gasteiger partial charge in [-0.1, -0.05) is 6.42 Å². The summed E-state index contributed by atoms with van der Waals surface area (Å²) in [5.41, 5.74) is -1.00.